The average Bonchev–Trinajstić information content (AvgIpc) is 2.89. The molecule has 0 amide bonds. The molecule has 1 saturated carbocycles. The standard InChI is InChI=1S/C13H19BO4/c1-17-13-7-6-10(8-12(13)14(15)16)9-18-11-4-2-3-5-11/h6-8,11,15-16H,2-5,9H2,1H3. The van der Waals surface area contributed by atoms with E-state index < -0.39 is 7.12 Å². The minimum absolute atomic E-state index is 0.356. The molecule has 4 nitrogen and oxygen atoms in total. The van der Waals surface area contributed by atoms with Crippen molar-refractivity contribution in [2.45, 2.75) is 38.4 Å². The van der Waals surface area contributed by atoms with E-state index in [-0.39, 0.29) is 0 Å². The van der Waals surface area contributed by atoms with Crippen molar-refractivity contribution in [2.24, 2.45) is 0 Å². The molecule has 2 rings (SSSR count). The summed E-state index contributed by atoms with van der Waals surface area (Å²) in [5.41, 5.74) is 1.32. The van der Waals surface area contributed by atoms with Crippen molar-refractivity contribution in [3.8, 4) is 5.75 Å². The van der Waals surface area contributed by atoms with Gasteiger partial charge in [0.1, 0.15) is 5.75 Å². The van der Waals surface area contributed by atoms with Gasteiger partial charge in [0.05, 0.1) is 19.8 Å². The van der Waals surface area contributed by atoms with E-state index in [1.54, 1.807) is 12.1 Å². The zero-order valence-electron chi connectivity index (χ0n) is 10.6. The fourth-order valence-electron chi connectivity index (χ4n) is 2.34. The summed E-state index contributed by atoms with van der Waals surface area (Å²) >= 11 is 0. The number of rotatable bonds is 5. The van der Waals surface area contributed by atoms with Gasteiger partial charge in [0, 0.05) is 5.46 Å². The van der Waals surface area contributed by atoms with E-state index in [0.717, 1.165) is 18.4 Å². The quantitative estimate of drug-likeness (QED) is 0.760. The van der Waals surface area contributed by atoms with E-state index in [4.69, 9.17) is 9.47 Å². The van der Waals surface area contributed by atoms with E-state index >= 15 is 0 Å². The van der Waals surface area contributed by atoms with Gasteiger partial charge in [-0.1, -0.05) is 25.0 Å². The zero-order chi connectivity index (χ0) is 13.0. The molecule has 0 saturated heterocycles. The first-order chi connectivity index (χ1) is 8.70. The molecule has 0 bridgehead atoms. The highest BCUT2D eigenvalue weighted by Gasteiger charge is 2.19. The molecule has 0 radical (unpaired) electrons. The molecule has 5 heteroatoms. The summed E-state index contributed by atoms with van der Waals surface area (Å²) in [6, 6.07) is 5.35. The summed E-state index contributed by atoms with van der Waals surface area (Å²) in [5.74, 6) is 0.481. The van der Waals surface area contributed by atoms with E-state index in [1.807, 2.05) is 6.07 Å². The van der Waals surface area contributed by atoms with Crippen LogP contribution < -0.4 is 10.2 Å². The third-order valence-corrected chi connectivity index (χ3v) is 3.36. The fourth-order valence-corrected chi connectivity index (χ4v) is 2.34. The lowest BCUT2D eigenvalue weighted by Gasteiger charge is -2.13. The van der Waals surface area contributed by atoms with Crippen LogP contribution in [-0.4, -0.2) is 30.4 Å². The molecule has 1 aliphatic rings. The maximum Gasteiger partial charge on any atom is 0.492 e. The lowest BCUT2D eigenvalue weighted by molar-refractivity contribution is 0.0457. The normalized spacial score (nSPS) is 15.9. The summed E-state index contributed by atoms with van der Waals surface area (Å²) < 4.78 is 10.9. The number of benzene rings is 1. The summed E-state index contributed by atoms with van der Waals surface area (Å²) in [5, 5.41) is 18.5. The molecule has 0 atom stereocenters. The Kier molecular flexibility index (Phi) is 4.63. The Labute approximate surface area is 108 Å². The fraction of sp³-hybridized carbons (Fsp3) is 0.538. The van der Waals surface area contributed by atoms with Crippen molar-refractivity contribution in [3.63, 3.8) is 0 Å². The zero-order valence-corrected chi connectivity index (χ0v) is 10.6. The van der Waals surface area contributed by atoms with Gasteiger partial charge < -0.3 is 19.5 Å². The molecular weight excluding hydrogens is 231 g/mol. The third-order valence-electron chi connectivity index (χ3n) is 3.36. The molecule has 0 aromatic heterocycles. The number of methoxy groups -OCH3 is 1. The summed E-state index contributed by atoms with van der Waals surface area (Å²) in [6.07, 6.45) is 5.11. The largest absolute Gasteiger partial charge is 0.497 e. The lowest BCUT2D eigenvalue weighted by atomic mass is 9.79. The SMILES string of the molecule is COc1ccc(COC2CCCC2)cc1B(O)O. The van der Waals surface area contributed by atoms with E-state index in [9.17, 15) is 10.0 Å². The molecule has 18 heavy (non-hydrogen) atoms. The molecule has 1 fully saturated rings. The molecule has 0 spiro atoms. The predicted molar refractivity (Wildman–Crippen MR) is 69.9 cm³/mol. The van der Waals surface area contributed by atoms with E-state index in [1.165, 1.54) is 20.0 Å². The van der Waals surface area contributed by atoms with E-state index in [2.05, 4.69) is 0 Å². The van der Waals surface area contributed by atoms with Crippen LogP contribution in [0.3, 0.4) is 0 Å². The van der Waals surface area contributed by atoms with Crippen molar-refractivity contribution in [2.75, 3.05) is 7.11 Å². The van der Waals surface area contributed by atoms with Gasteiger partial charge in [-0.25, -0.2) is 0 Å². The second-order valence-corrected chi connectivity index (χ2v) is 4.67. The van der Waals surface area contributed by atoms with Crippen molar-refractivity contribution >= 4 is 12.6 Å². The van der Waals surface area contributed by atoms with Crippen molar-refractivity contribution in [3.05, 3.63) is 23.8 Å². The third kappa shape index (κ3) is 3.25. The molecule has 1 aliphatic carbocycles. The molecule has 1 aromatic carbocycles. The predicted octanol–water partition coefficient (Wildman–Crippen LogP) is 0.834. The van der Waals surface area contributed by atoms with Crippen LogP contribution in [0.25, 0.3) is 0 Å². The summed E-state index contributed by atoms with van der Waals surface area (Å²) in [4.78, 5) is 0. The van der Waals surface area contributed by atoms with Crippen LogP contribution >= 0.6 is 0 Å². The van der Waals surface area contributed by atoms with Gasteiger partial charge in [0.15, 0.2) is 0 Å². The highest BCUT2D eigenvalue weighted by molar-refractivity contribution is 6.59. The van der Waals surface area contributed by atoms with Gasteiger partial charge in [0.25, 0.3) is 0 Å². The van der Waals surface area contributed by atoms with Gasteiger partial charge in [0.2, 0.25) is 0 Å². The first-order valence-corrected chi connectivity index (χ1v) is 6.35. The summed E-state index contributed by atoms with van der Waals surface area (Å²) in [7, 11) is -0.0120. The molecule has 0 heterocycles. The van der Waals surface area contributed by atoms with Crippen LogP contribution in [0, 0.1) is 0 Å². The van der Waals surface area contributed by atoms with E-state index in [0.29, 0.717) is 23.9 Å². The van der Waals surface area contributed by atoms with Crippen LogP contribution in [0.15, 0.2) is 18.2 Å². The molecule has 1 aromatic rings. The maximum atomic E-state index is 9.27. The molecular formula is C13H19BO4. The Balaban J connectivity index is 2.01. The topological polar surface area (TPSA) is 58.9 Å². The molecule has 98 valence electrons. The van der Waals surface area contributed by atoms with Gasteiger partial charge in [-0.15, -0.1) is 0 Å². The van der Waals surface area contributed by atoms with Crippen LogP contribution in [-0.2, 0) is 11.3 Å². The first-order valence-electron chi connectivity index (χ1n) is 6.35. The minimum Gasteiger partial charge on any atom is -0.497 e. The molecule has 2 N–H and O–H groups in total. The Morgan fingerprint density at radius 1 is 1.28 bits per heavy atom. The average molecular weight is 250 g/mol. The van der Waals surface area contributed by atoms with Gasteiger partial charge in [-0.2, -0.15) is 0 Å². The van der Waals surface area contributed by atoms with Crippen molar-refractivity contribution in [1.29, 1.82) is 0 Å². The highest BCUT2D eigenvalue weighted by atomic mass is 16.5. The Morgan fingerprint density at radius 3 is 2.61 bits per heavy atom. The van der Waals surface area contributed by atoms with Gasteiger partial charge in [-0.05, 0) is 24.5 Å². The number of hydrogen-bond donors (Lipinski definition) is 2. The van der Waals surface area contributed by atoms with Crippen LogP contribution in [0.4, 0.5) is 0 Å². The van der Waals surface area contributed by atoms with Crippen LogP contribution in [0.1, 0.15) is 31.2 Å². The first kappa shape index (κ1) is 13.4. The Bertz CT molecular complexity index is 389. The van der Waals surface area contributed by atoms with Crippen molar-refractivity contribution in [1.82, 2.24) is 0 Å². The minimum atomic E-state index is -1.52. The molecule has 0 unspecified atom stereocenters. The maximum absolute atomic E-state index is 9.27. The smallest absolute Gasteiger partial charge is 0.492 e. The highest BCUT2D eigenvalue weighted by Crippen LogP contribution is 2.22. The lowest BCUT2D eigenvalue weighted by Crippen LogP contribution is -2.31. The van der Waals surface area contributed by atoms with Gasteiger partial charge in [-0.3, -0.25) is 0 Å². The molecule has 0 aliphatic heterocycles. The number of hydrogen-bond acceptors (Lipinski definition) is 4. The van der Waals surface area contributed by atoms with Gasteiger partial charge >= 0.3 is 7.12 Å². The second kappa shape index (κ2) is 6.23. The second-order valence-electron chi connectivity index (χ2n) is 4.67. The van der Waals surface area contributed by atoms with Crippen LogP contribution in [0.2, 0.25) is 0 Å². The monoisotopic (exact) mass is 250 g/mol. The Hall–Kier alpha value is -1.04. The summed E-state index contributed by atoms with van der Waals surface area (Å²) in [6.45, 7) is 0.508. The Morgan fingerprint density at radius 2 is 2.00 bits per heavy atom. The van der Waals surface area contributed by atoms with Crippen molar-refractivity contribution < 1.29 is 19.5 Å². The van der Waals surface area contributed by atoms with Crippen LogP contribution in [0.5, 0.6) is 5.75 Å². The number of ether oxygens (including phenoxy) is 2.